The molecule has 0 atom stereocenters. The van der Waals surface area contributed by atoms with E-state index >= 15 is 0 Å². The summed E-state index contributed by atoms with van der Waals surface area (Å²) in [5.41, 5.74) is 1.41. The Kier molecular flexibility index (Phi) is 2.66. The van der Waals surface area contributed by atoms with Gasteiger partial charge < -0.3 is 10.2 Å². The van der Waals surface area contributed by atoms with Crippen molar-refractivity contribution in [2.45, 2.75) is 0 Å². The van der Waals surface area contributed by atoms with Gasteiger partial charge in [-0.1, -0.05) is 6.07 Å². The zero-order chi connectivity index (χ0) is 12.4. The molecule has 0 aliphatic heterocycles. The summed E-state index contributed by atoms with van der Waals surface area (Å²) >= 11 is 0. The lowest BCUT2D eigenvalue weighted by molar-refractivity contribution is -0.384. The molecule has 5 nitrogen and oxygen atoms in total. The molecule has 0 saturated carbocycles. The molecule has 0 amide bonds. The number of benzene rings is 2. The van der Waals surface area contributed by atoms with Gasteiger partial charge in [-0.25, -0.2) is 0 Å². The summed E-state index contributed by atoms with van der Waals surface area (Å²) < 4.78 is 0. The molecule has 2 N–H and O–H groups in total. The Morgan fingerprint density at radius 1 is 0.882 bits per heavy atom. The summed E-state index contributed by atoms with van der Waals surface area (Å²) in [6.07, 6.45) is 0. The van der Waals surface area contributed by atoms with Crippen molar-refractivity contribution >= 4 is 5.69 Å². The fourth-order valence-corrected chi connectivity index (χ4v) is 1.48. The molecule has 17 heavy (non-hydrogen) atoms. The van der Waals surface area contributed by atoms with Crippen molar-refractivity contribution in [1.29, 1.82) is 0 Å². The first-order chi connectivity index (χ1) is 8.08. The fraction of sp³-hybridized carbons (Fsp3) is 0. The second-order valence-electron chi connectivity index (χ2n) is 3.51. The Morgan fingerprint density at radius 2 is 1.47 bits per heavy atom. The first-order valence-corrected chi connectivity index (χ1v) is 4.85. The molecule has 0 aliphatic carbocycles. The molecule has 0 unspecified atom stereocenters. The Bertz CT molecular complexity index is 563. The van der Waals surface area contributed by atoms with Crippen LogP contribution in [0.15, 0.2) is 42.5 Å². The van der Waals surface area contributed by atoms with E-state index in [2.05, 4.69) is 0 Å². The predicted molar refractivity (Wildman–Crippen MR) is 61.9 cm³/mol. The zero-order valence-electron chi connectivity index (χ0n) is 8.70. The summed E-state index contributed by atoms with van der Waals surface area (Å²) in [5, 5.41) is 29.0. The first-order valence-electron chi connectivity index (χ1n) is 4.85. The van der Waals surface area contributed by atoms with Crippen LogP contribution in [0.1, 0.15) is 0 Å². The highest BCUT2D eigenvalue weighted by molar-refractivity contribution is 5.67. The van der Waals surface area contributed by atoms with Crippen molar-refractivity contribution in [1.82, 2.24) is 0 Å². The molecule has 0 radical (unpaired) electrons. The highest BCUT2D eigenvalue weighted by Crippen LogP contribution is 2.31. The largest absolute Gasteiger partial charge is 0.504 e. The quantitative estimate of drug-likeness (QED) is 0.472. The Morgan fingerprint density at radius 3 is 2.00 bits per heavy atom. The Labute approximate surface area is 96.7 Å². The summed E-state index contributed by atoms with van der Waals surface area (Å²) in [5.74, 6) is -0.420. The van der Waals surface area contributed by atoms with Gasteiger partial charge in [0, 0.05) is 12.1 Å². The number of aromatic hydroxyl groups is 2. The average Bonchev–Trinajstić information content (AvgIpc) is 2.33. The number of nitro benzene ring substituents is 1. The number of nitrogens with zero attached hydrogens (tertiary/aromatic N) is 1. The molecule has 0 aliphatic rings. The van der Waals surface area contributed by atoms with Crippen LogP contribution in [0.4, 0.5) is 5.69 Å². The minimum atomic E-state index is -0.474. The van der Waals surface area contributed by atoms with E-state index in [1.54, 1.807) is 18.2 Å². The van der Waals surface area contributed by atoms with E-state index in [4.69, 9.17) is 5.11 Å². The maximum Gasteiger partial charge on any atom is 0.269 e. The van der Waals surface area contributed by atoms with Crippen molar-refractivity contribution in [3.05, 3.63) is 52.6 Å². The molecule has 5 heteroatoms. The Hall–Kier alpha value is -2.56. The van der Waals surface area contributed by atoms with Crippen LogP contribution in [0, 0.1) is 10.1 Å². The summed E-state index contributed by atoms with van der Waals surface area (Å²) in [6, 6.07) is 10.3. The maximum atomic E-state index is 10.5. The molecular formula is C12H9NO4. The van der Waals surface area contributed by atoms with E-state index < -0.39 is 4.92 Å². The van der Waals surface area contributed by atoms with Gasteiger partial charge in [0.05, 0.1) is 4.92 Å². The lowest BCUT2D eigenvalue weighted by atomic mass is 10.0. The van der Waals surface area contributed by atoms with Gasteiger partial charge in [-0.3, -0.25) is 10.1 Å². The van der Waals surface area contributed by atoms with Crippen molar-refractivity contribution in [2.24, 2.45) is 0 Å². The second kappa shape index (κ2) is 4.13. The number of nitro groups is 1. The topological polar surface area (TPSA) is 83.6 Å². The molecule has 0 heterocycles. The standard InChI is InChI=1S/C12H9NO4/c14-11-6-3-9(7-12(11)15)8-1-4-10(5-2-8)13(16)17/h1-7,14-15H. The van der Waals surface area contributed by atoms with Gasteiger partial charge in [-0.15, -0.1) is 0 Å². The van der Waals surface area contributed by atoms with Gasteiger partial charge in [-0.2, -0.15) is 0 Å². The third kappa shape index (κ3) is 2.17. The van der Waals surface area contributed by atoms with Crippen molar-refractivity contribution in [3.63, 3.8) is 0 Å². The van der Waals surface area contributed by atoms with E-state index in [0.717, 1.165) is 5.56 Å². The molecular weight excluding hydrogens is 222 g/mol. The van der Waals surface area contributed by atoms with Gasteiger partial charge in [0.1, 0.15) is 0 Å². The first kappa shape index (κ1) is 10.9. The number of phenols is 2. The Balaban J connectivity index is 2.39. The van der Waals surface area contributed by atoms with E-state index in [1.165, 1.54) is 24.3 Å². The van der Waals surface area contributed by atoms with E-state index in [1.807, 2.05) is 0 Å². The van der Waals surface area contributed by atoms with Crippen molar-refractivity contribution in [2.75, 3.05) is 0 Å². The zero-order valence-corrected chi connectivity index (χ0v) is 8.70. The molecule has 2 aromatic rings. The SMILES string of the molecule is O=[N+]([O-])c1ccc(-c2ccc(O)c(O)c2)cc1. The molecule has 0 fully saturated rings. The third-order valence-corrected chi connectivity index (χ3v) is 2.39. The number of non-ortho nitro benzene ring substituents is 1. The number of rotatable bonds is 2. The van der Waals surface area contributed by atoms with Crippen LogP contribution in [0.2, 0.25) is 0 Å². The molecule has 0 saturated heterocycles. The molecule has 86 valence electrons. The van der Waals surface area contributed by atoms with Crippen LogP contribution in [0.5, 0.6) is 11.5 Å². The monoisotopic (exact) mass is 231 g/mol. The maximum absolute atomic E-state index is 10.5. The predicted octanol–water partition coefficient (Wildman–Crippen LogP) is 2.67. The van der Waals surface area contributed by atoms with Crippen LogP contribution in [-0.4, -0.2) is 15.1 Å². The number of hydrogen-bond acceptors (Lipinski definition) is 4. The van der Waals surface area contributed by atoms with Gasteiger partial charge in [0.15, 0.2) is 11.5 Å². The average molecular weight is 231 g/mol. The second-order valence-corrected chi connectivity index (χ2v) is 3.51. The van der Waals surface area contributed by atoms with Gasteiger partial charge >= 0.3 is 0 Å². The van der Waals surface area contributed by atoms with Crippen LogP contribution >= 0.6 is 0 Å². The highest BCUT2D eigenvalue weighted by atomic mass is 16.6. The number of phenolic OH excluding ortho intramolecular Hbond substituents is 2. The van der Waals surface area contributed by atoms with Crippen LogP contribution in [-0.2, 0) is 0 Å². The molecule has 0 spiro atoms. The lowest BCUT2D eigenvalue weighted by Gasteiger charge is -2.03. The minimum Gasteiger partial charge on any atom is -0.504 e. The van der Waals surface area contributed by atoms with Crippen molar-refractivity contribution in [3.8, 4) is 22.6 Å². The third-order valence-electron chi connectivity index (χ3n) is 2.39. The smallest absolute Gasteiger partial charge is 0.269 e. The van der Waals surface area contributed by atoms with Crippen LogP contribution < -0.4 is 0 Å². The summed E-state index contributed by atoms with van der Waals surface area (Å²) in [6.45, 7) is 0. The van der Waals surface area contributed by atoms with Crippen LogP contribution in [0.25, 0.3) is 11.1 Å². The van der Waals surface area contributed by atoms with E-state index in [-0.39, 0.29) is 17.2 Å². The summed E-state index contributed by atoms with van der Waals surface area (Å²) in [4.78, 5) is 10.0. The summed E-state index contributed by atoms with van der Waals surface area (Å²) in [7, 11) is 0. The fourth-order valence-electron chi connectivity index (χ4n) is 1.48. The van der Waals surface area contributed by atoms with Gasteiger partial charge in [0.25, 0.3) is 5.69 Å². The molecule has 0 aromatic heterocycles. The normalized spacial score (nSPS) is 10.1. The molecule has 0 bridgehead atoms. The molecule has 2 aromatic carbocycles. The van der Waals surface area contributed by atoms with Gasteiger partial charge in [-0.05, 0) is 35.4 Å². The number of hydrogen-bond donors (Lipinski definition) is 2. The highest BCUT2D eigenvalue weighted by Gasteiger charge is 2.06. The minimum absolute atomic E-state index is 0.0109. The van der Waals surface area contributed by atoms with E-state index in [0.29, 0.717) is 5.56 Å². The van der Waals surface area contributed by atoms with Crippen molar-refractivity contribution < 1.29 is 15.1 Å². The van der Waals surface area contributed by atoms with Crippen LogP contribution in [0.3, 0.4) is 0 Å². The van der Waals surface area contributed by atoms with Gasteiger partial charge in [0.2, 0.25) is 0 Å². The molecule has 2 rings (SSSR count). The lowest BCUT2D eigenvalue weighted by Crippen LogP contribution is -1.87. The van der Waals surface area contributed by atoms with E-state index in [9.17, 15) is 15.2 Å².